The van der Waals surface area contributed by atoms with E-state index in [0.29, 0.717) is 25.8 Å². The average Bonchev–Trinajstić information content (AvgIpc) is 2.18. The smallest absolute Gasteiger partial charge is 0.220 e. The van der Waals surface area contributed by atoms with E-state index in [1.165, 1.54) is 0 Å². The Morgan fingerprint density at radius 2 is 2.27 bits per heavy atom. The second-order valence-corrected chi connectivity index (χ2v) is 5.70. The Bertz CT molecular complexity index is 303. The molecule has 1 saturated heterocycles. The van der Waals surface area contributed by atoms with Gasteiger partial charge in [-0.1, -0.05) is 13.3 Å². The van der Waals surface area contributed by atoms with Gasteiger partial charge in [-0.3, -0.25) is 4.79 Å². The quantitative estimate of drug-likeness (QED) is 0.702. The predicted molar refractivity (Wildman–Crippen MR) is 57.9 cm³/mol. The van der Waals surface area contributed by atoms with Gasteiger partial charge < -0.3 is 5.32 Å². The molecule has 0 aliphatic carbocycles. The summed E-state index contributed by atoms with van der Waals surface area (Å²) in [5, 5.41) is 2.64. The molecular weight excluding hydrogens is 216 g/mol. The number of hydrogen-bond donors (Lipinski definition) is 2. The molecule has 1 fully saturated rings. The van der Waals surface area contributed by atoms with Gasteiger partial charge in [-0.2, -0.15) is 0 Å². The summed E-state index contributed by atoms with van der Waals surface area (Å²) in [5.41, 5.74) is 0. The average molecular weight is 234 g/mol. The lowest BCUT2D eigenvalue weighted by atomic mass is 10.1. The van der Waals surface area contributed by atoms with E-state index in [4.69, 9.17) is 0 Å². The monoisotopic (exact) mass is 234 g/mol. The zero-order valence-electron chi connectivity index (χ0n) is 8.95. The standard InChI is InChI=1S/C9H18N2O3S/c1-2-3-6-15(13,14)11-8-4-5-9(12)10-7-8/h8,11H,2-7H2,1H3,(H,10,12). The van der Waals surface area contributed by atoms with Crippen molar-refractivity contribution in [2.75, 3.05) is 12.3 Å². The summed E-state index contributed by atoms with van der Waals surface area (Å²) in [5.74, 6) is 0.174. The van der Waals surface area contributed by atoms with Gasteiger partial charge >= 0.3 is 0 Å². The minimum absolute atomic E-state index is 0.000920. The van der Waals surface area contributed by atoms with E-state index in [0.717, 1.165) is 6.42 Å². The number of nitrogens with one attached hydrogen (secondary N) is 2. The number of carbonyl (C=O) groups excluding carboxylic acids is 1. The molecule has 88 valence electrons. The molecule has 1 aliphatic heterocycles. The number of hydrogen-bond acceptors (Lipinski definition) is 3. The molecule has 0 saturated carbocycles. The van der Waals surface area contributed by atoms with E-state index in [2.05, 4.69) is 10.0 Å². The highest BCUT2D eigenvalue weighted by Gasteiger charge is 2.22. The second-order valence-electron chi connectivity index (χ2n) is 3.83. The fraction of sp³-hybridized carbons (Fsp3) is 0.889. The number of rotatable bonds is 5. The molecule has 1 heterocycles. The zero-order chi connectivity index (χ0) is 11.3. The highest BCUT2D eigenvalue weighted by atomic mass is 32.2. The normalized spacial score (nSPS) is 22.5. The molecule has 15 heavy (non-hydrogen) atoms. The lowest BCUT2D eigenvalue weighted by Gasteiger charge is -2.23. The fourth-order valence-electron chi connectivity index (χ4n) is 1.48. The first-order chi connectivity index (χ1) is 7.03. The van der Waals surface area contributed by atoms with Gasteiger partial charge in [-0.15, -0.1) is 0 Å². The van der Waals surface area contributed by atoms with E-state index < -0.39 is 10.0 Å². The first kappa shape index (κ1) is 12.4. The van der Waals surface area contributed by atoms with Crippen LogP contribution in [-0.2, 0) is 14.8 Å². The van der Waals surface area contributed by atoms with Crippen LogP contribution in [0.15, 0.2) is 0 Å². The lowest BCUT2D eigenvalue weighted by molar-refractivity contribution is -0.122. The largest absolute Gasteiger partial charge is 0.355 e. The Morgan fingerprint density at radius 1 is 1.53 bits per heavy atom. The van der Waals surface area contributed by atoms with Gasteiger partial charge in [0.15, 0.2) is 0 Å². The van der Waals surface area contributed by atoms with Gasteiger partial charge in [0.1, 0.15) is 0 Å². The fourth-order valence-corrected chi connectivity index (χ4v) is 2.98. The molecule has 0 aromatic rings. The van der Waals surface area contributed by atoms with E-state index in [-0.39, 0.29) is 17.7 Å². The third kappa shape index (κ3) is 4.61. The molecule has 6 heteroatoms. The molecule has 0 aromatic heterocycles. The van der Waals surface area contributed by atoms with E-state index in [1.807, 2.05) is 6.92 Å². The Labute approximate surface area is 90.7 Å². The van der Waals surface area contributed by atoms with Crippen LogP contribution in [-0.4, -0.2) is 32.7 Å². The second kappa shape index (κ2) is 5.46. The van der Waals surface area contributed by atoms with Crippen molar-refractivity contribution in [2.24, 2.45) is 0 Å². The van der Waals surface area contributed by atoms with Gasteiger partial charge in [-0.05, 0) is 12.8 Å². The topological polar surface area (TPSA) is 75.3 Å². The maximum absolute atomic E-state index is 11.5. The molecule has 2 N–H and O–H groups in total. The molecule has 0 radical (unpaired) electrons. The summed E-state index contributed by atoms with van der Waals surface area (Å²) in [6.45, 7) is 2.36. The van der Waals surface area contributed by atoms with E-state index in [9.17, 15) is 13.2 Å². The summed E-state index contributed by atoms with van der Waals surface area (Å²) < 4.78 is 25.6. The maximum Gasteiger partial charge on any atom is 0.220 e. The Kier molecular flexibility index (Phi) is 4.53. The van der Waals surface area contributed by atoms with Crippen molar-refractivity contribution < 1.29 is 13.2 Å². The van der Waals surface area contributed by atoms with Crippen molar-refractivity contribution in [3.05, 3.63) is 0 Å². The van der Waals surface area contributed by atoms with Crippen LogP contribution in [0.5, 0.6) is 0 Å². The minimum Gasteiger partial charge on any atom is -0.355 e. The summed E-state index contributed by atoms with van der Waals surface area (Å²) >= 11 is 0. The molecule has 1 amide bonds. The Balaban J connectivity index is 2.37. The van der Waals surface area contributed by atoms with Crippen LogP contribution in [0, 0.1) is 0 Å². The SMILES string of the molecule is CCCCS(=O)(=O)NC1CCC(=O)NC1. The maximum atomic E-state index is 11.5. The molecule has 1 aliphatic rings. The van der Waals surface area contributed by atoms with Crippen molar-refractivity contribution in [3.8, 4) is 0 Å². The molecule has 0 bridgehead atoms. The lowest BCUT2D eigenvalue weighted by Crippen LogP contribution is -2.48. The molecule has 0 aromatic carbocycles. The van der Waals surface area contributed by atoms with Crippen molar-refractivity contribution in [3.63, 3.8) is 0 Å². The van der Waals surface area contributed by atoms with Gasteiger partial charge in [0, 0.05) is 19.0 Å². The van der Waals surface area contributed by atoms with Crippen LogP contribution >= 0.6 is 0 Å². The molecule has 5 nitrogen and oxygen atoms in total. The molecule has 1 rings (SSSR count). The van der Waals surface area contributed by atoms with Crippen LogP contribution in [0.2, 0.25) is 0 Å². The third-order valence-electron chi connectivity index (χ3n) is 2.38. The van der Waals surface area contributed by atoms with Crippen molar-refractivity contribution in [2.45, 2.75) is 38.6 Å². The number of amides is 1. The van der Waals surface area contributed by atoms with Crippen LogP contribution in [0.4, 0.5) is 0 Å². The highest BCUT2D eigenvalue weighted by Crippen LogP contribution is 2.05. The summed E-state index contributed by atoms with van der Waals surface area (Å²) in [6.07, 6.45) is 2.54. The van der Waals surface area contributed by atoms with Crippen LogP contribution in [0.3, 0.4) is 0 Å². The first-order valence-electron chi connectivity index (χ1n) is 5.30. The summed E-state index contributed by atoms with van der Waals surface area (Å²) in [4.78, 5) is 10.9. The Hall–Kier alpha value is -0.620. The Morgan fingerprint density at radius 3 is 2.80 bits per heavy atom. The predicted octanol–water partition coefficient (Wildman–Crippen LogP) is -0.0155. The van der Waals surface area contributed by atoms with Gasteiger partial charge in [0.2, 0.25) is 15.9 Å². The number of sulfonamides is 1. The molecular formula is C9H18N2O3S. The number of unbranched alkanes of at least 4 members (excludes halogenated alkanes) is 1. The molecule has 1 unspecified atom stereocenters. The zero-order valence-corrected chi connectivity index (χ0v) is 9.77. The summed E-state index contributed by atoms with van der Waals surface area (Å²) in [7, 11) is -3.16. The van der Waals surface area contributed by atoms with Crippen molar-refractivity contribution in [1.29, 1.82) is 0 Å². The van der Waals surface area contributed by atoms with Gasteiger partial charge in [-0.25, -0.2) is 13.1 Å². The highest BCUT2D eigenvalue weighted by molar-refractivity contribution is 7.89. The first-order valence-corrected chi connectivity index (χ1v) is 6.95. The number of carbonyl (C=O) groups is 1. The van der Waals surface area contributed by atoms with Crippen molar-refractivity contribution >= 4 is 15.9 Å². The van der Waals surface area contributed by atoms with E-state index >= 15 is 0 Å². The van der Waals surface area contributed by atoms with Crippen LogP contribution in [0.25, 0.3) is 0 Å². The van der Waals surface area contributed by atoms with E-state index in [1.54, 1.807) is 0 Å². The van der Waals surface area contributed by atoms with Gasteiger partial charge in [0.05, 0.1) is 5.75 Å². The summed E-state index contributed by atoms with van der Waals surface area (Å²) in [6, 6.07) is -0.135. The van der Waals surface area contributed by atoms with Crippen LogP contribution < -0.4 is 10.0 Å². The van der Waals surface area contributed by atoms with Crippen molar-refractivity contribution in [1.82, 2.24) is 10.0 Å². The minimum atomic E-state index is -3.16. The molecule has 1 atom stereocenters. The van der Waals surface area contributed by atoms with Gasteiger partial charge in [0.25, 0.3) is 0 Å². The molecule has 0 spiro atoms. The third-order valence-corrected chi connectivity index (χ3v) is 3.90. The van der Waals surface area contributed by atoms with Crippen LogP contribution in [0.1, 0.15) is 32.6 Å². The number of piperidine rings is 1.